The van der Waals surface area contributed by atoms with Crippen LogP contribution in [0.4, 0.5) is 0 Å². The predicted molar refractivity (Wildman–Crippen MR) is 53.7 cm³/mol. The van der Waals surface area contributed by atoms with Gasteiger partial charge in [0.05, 0.1) is 19.8 Å². The molecular weight excluding hydrogens is 312 g/mol. The second-order valence-corrected chi connectivity index (χ2v) is 2.85. The zero-order valence-electron chi connectivity index (χ0n) is 7.85. The van der Waals surface area contributed by atoms with E-state index in [-0.39, 0.29) is 36.4 Å². The molecular formula is C9H13ClIN3. The first-order valence-corrected chi connectivity index (χ1v) is 3.97. The van der Waals surface area contributed by atoms with E-state index in [1.807, 2.05) is 25.4 Å². The van der Waals surface area contributed by atoms with Gasteiger partial charge in [0.2, 0.25) is 0 Å². The van der Waals surface area contributed by atoms with Crippen LogP contribution in [0.25, 0.3) is 5.65 Å². The van der Waals surface area contributed by atoms with Crippen LogP contribution in [0.2, 0.25) is 0 Å². The van der Waals surface area contributed by atoms with Gasteiger partial charge in [-0.1, -0.05) is 6.07 Å². The molecule has 0 bridgehead atoms. The number of imidazole rings is 1. The molecule has 0 spiro atoms. The third kappa shape index (κ3) is 2.18. The maximum Gasteiger partial charge on any atom is 0.286 e. The van der Waals surface area contributed by atoms with E-state index in [9.17, 15) is 0 Å². The van der Waals surface area contributed by atoms with Gasteiger partial charge in [-0.15, -0.1) is 12.4 Å². The molecule has 78 valence electrons. The number of fused-ring (bicyclic) bond motifs is 1. The van der Waals surface area contributed by atoms with E-state index >= 15 is 0 Å². The number of halogens is 2. The molecule has 0 aliphatic heterocycles. The molecule has 2 heterocycles. The molecule has 2 aromatic rings. The van der Waals surface area contributed by atoms with E-state index < -0.39 is 0 Å². The number of aromatic nitrogens is 2. The molecule has 14 heavy (non-hydrogen) atoms. The van der Waals surface area contributed by atoms with Crippen molar-refractivity contribution in [1.82, 2.24) is 4.40 Å². The van der Waals surface area contributed by atoms with Crippen molar-refractivity contribution < 1.29 is 28.5 Å². The summed E-state index contributed by atoms with van der Waals surface area (Å²) in [5, 5.41) is 0. The molecule has 0 aromatic carbocycles. The molecule has 5 heteroatoms. The summed E-state index contributed by atoms with van der Waals surface area (Å²) in [6.45, 7) is 0.582. The monoisotopic (exact) mass is 325 g/mol. The molecule has 0 amide bonds. The van der Waals surface area contributed by atoms with E-state index in [1.54, 1.807) is 0 Å². The maximum absolute atomic E-state index is 5.58. The van der Waals surface area contributed by atoms with E-state index in [0.717, 1.165) is 11.3 Å². The fraction of sp³-hybridized carbons (Fsp3) is 0.222. The van der Waals surface area contributed by atoms with Crippen molar-refractivity contribution in [2.75, 3.05) is 0 Å². The van der Waals surface area contributed by atoms with Crippen LogP contribution < -0.4 is 34.3 Å². The molecule has 2 N–H and O–H groups in total. The van der Waals surface area contributed by atoms with Gasteiger partial charge < -0.3 is 29.7 Å². The van der Waals surface area contributed by atoms with Crippen molar-refractivity contribution in [1.29, 1.82) is 0 Å². The summed E-state index contributed by atoms with van der Waals surface area (Å²) in [6.07, 6.45) is 4.07. The van der Waals surface area contributed by atoms with E-state index in [2.05, 4.69) is 21.2 Å². The molecule has 2 aromatic heterocycles. The lowest BCUT2D eigenvalue weighted by molar-refractivity contribution is -0.652. The third-order valence-electron chi connectivity index (χ3n) is 2.14. The Morgan fingerprint density at radius 2 is 2.14 bits per heavy atom. The molecule has 0 atom stereocenters. The highest BCUT2D eigenvalue weighted by atomic mass is 127. The second-order valence-electron chi connectivity index (χ2n) is 2.85. The fourth-order valence-corrected chi connectivity index (χ4v) is 1.42. The molecule has 3 nitrogen and oxygen atoms in total. The van der Waals surface area contributed by atoms with Gasteiger partial charge in [0.15, 0.2) is 5.69 Å². The van der Waals surface area contributed by atoms with Crippen LogP contribution in [0.3, 0.4) is 0 Å². The normalized spacial score (nSPS) is 9.29. The van der Waals surface area contributed by atoms with Crippen LogP contribution in [0.1, 0.15) is 5.69 Å². The molecule has 0 aliphatic rings. The van der Waals surface area contributed by atoms with Crippen LogP contribution >= 0.6 is 12.4 Å². The Morgan fingerprint density at radius 3 is 2.71 bits per heavy atom. The fourth-order valence-electron chi connectivity index (χ4n) is 1.42. The molecule has 0 unspecified atom stereocenters. The summed E-state index contributed by atoms with van der Waals surface area (Å²) in [7, 11) is 2.03. The Bertz CT molecular complexity index is 413. The van der Waals surface area contributed by atoms with Gasteiger partial charge >= 0.3 is 0 Å². The Labute approximate surface area is 106 Å². The average molecular weight is 326 g/mol. The molecule has 0 fully saturated rings. The number of hydrogen-bond donors (Lipinski definition) is 1. The molecule has 0 saturated carbocycles. The number of hydrogen-bond acceptors (Lipinski definition) is 1. The van der Waals surface area contributed by atoms with Gasteiger partial charge in [0, 0.05) is 6.07 Å². The molecule has 0 aliphatic carbocycles. The Kier molecular flexibility index (Phi) is 5.40. The summed E-state index contributed by atoms with van der Waals surface area (Å²) in [5.41, 5.74) is 7.89. The Hall–Kier alpha value is -0.330. The lowest BCUT2D eigenvalue weighted by atomic mass is 10.5. The first-order chi connectivity index (χ1) is 5.83. The maximum atomic E-state index is 5.58. The van der Waals surface area contributed by atoms with Gasteiger partial charge in [-0.25, -0.2) is 8.97 Å². The number of nitrogens with zero attached hydrogens (tertiary/aromatic N) is 2. The average Bonchev–Trinajstić information content (AvgIpc) is 2.44. The minimum absolute atomic E-state index is 0. The summed E-state index contributed by atoms with van der Waals surface area (Å²) >= 11 is 0. The standard InChI is InChI=1S/C9H12N3.ClH.HI/c1-11-8(6-10)7-12-5-3-2-4-9(11)12;;/h2-5,7H,6,10H2,1H3;2*1H/q+1;;/p-1. The quantitative estimate of drug-likeness (QED) is 0.462. The van der Waals surface area contributed by atoms with E-state index in [4.69, 9.17) is 5.73 Å². The minimum Gasteiger partial charge on any atom is -1.00 e. The van der Waals surface area contributed by atoms with Crippen molar-refractivity contribution in [3.05, 3.63) is 36.3 Å². The largest absolute Gasteiger partial charge is 1.00 e. The number of rotatable bonds is 1. The smallest absolute Gasteiger partial charge is 0.286 e. The van der Waals surface area contributed by atoms with Gasteiger partial charge in [0.1, 0.15) is 6.20 Å². The van der Waals surface area contributed by atoms with Crippen LogP contribution in [0.15, 0.2) is 30.6 Å². The highest BCUT2D eigenvalue weighted by molar-refractivity contribution is 5.85. The number of aryl methyl sites for hydroxylation is 1. The van der Waals surface area contributed by atoms with Crippen molar-refractivity contribution in [3.8, 4) is 0 Å². The third-order valence-corrected chi connectivity index (χ3v) is 2.14. The van der Waals surface area contributed by atoms with E-state index in [1.165, 1.54) is 0 Å². The van der Waals surface area contributed by atoms with Crippen LogP contribution in [-0.4, -0.2) is 4.40 Å². The minimum atomic E-state index is 0. The molecule has 0 saturated heterocycles. The van der Waals surface area contributed by atoms with Gasteiger partial charge in [-0.3, -0.25) is 0 Å². The predicted octanol–water partition coefficient (Wildman–Crippen LogP) is -2.35. The van der Waals surface area contributed by atoms with Crippen molar-refractivity contribution in [3.63, 3.8) is 0 Å². The first-order valence-electron chi connectivity index (χ1n) is 3.97. The summed E-state index contributed by atoms with van der Waals surface area (Å²) < 4.78 is 4.17. The number of nitrogens with two attached hydrogens (primary N) is 1. The van der Waals surface area contributed by atoms with Crippen LogP contribution in [-0.2, 0) is 13.6 Å². The van der Waals surface area contributed by atoms with Crippen molar-refractivity contribution in [2.24, 2.45) is 12.8 Å². The van der Waals surface area contributed by atoms with Gasteiger partial charge in [-0.2, -0.15) is 0 Å². The highest BCUT2D eigenvalue weighted by Crippen LogP contribution is 2.00. The molecule has 0 radical (unpaired) electrons. The Morgan fingerprint density at radius 1 is 1.43 bits per heavy atom. The van der Waals surface area contributed by atoms with Crippen LogP contribution in [0, 0.1) is 0 Å². The van der Waals surface area contributed by atoms with Gasteiger partial charge in [-0.05, 0) is 6.07 Å². The zero-order valence-corrected chi connectivity index (χ0v) is 10.8. The van der Waals surface area contributed by atoms with Crippen LogP contribution in [0.5, 0.6) is 0 Å². The summed E-state index contributed by atoms with van der Waals surface area (Å²) in [4.78, 5) is 0. The summed E-state index contributed by atoms with van der Waals surface area (Å²) in [6, 6.07) is 6.10. The lowest BCUT2D eigenvalue weighted by Crippen LogP contribution is -3.00. The Balaban J connectivity index is 0.000000845. The zero-order chi connectivity index (χ0) is 8.55. The van der Waals surface area contributed by atoms with Gasteiger partial charge in [0.25, 0.3) is 5.65 Å². The summed E-state index contributed by atoms with van der Waals surface area (Å²) in [5.74, 6) is 0. The van der Waals surface area contributed by atoms with E-state index in [0.29, 0.717) is 6.54 Å². The second kappa shape index (κ2) is 5.53. The van der Waals surface area contributed by atoms with Crippen molar-refractivity contribution in [2.45, 2.75) is 6.54 Å². The molecule has 2 rings (SSSR count). The first kappa shape index (κ1) is 13.7. The number of pyridine rings is 1. The lowest BCUT2D eigenvalue weighted by Gasteiger charge is -1.88. The van der Waals surface area contributed by atoms with Crippen molar-refractivity contribution >= 4 is 18.1 Å². The SMILES string of the molecule is C[n+]1c(CN)cn2ccccc21.Cl.[I-]. The highest BCUT2D eigenvalue weighted by Gasteiger charge is 2.10. The topological polar surface area (TPSA) is 34.3 Å².